The van der Waals surface area contributed by atoms with Gasteiger partial charge in [0.2, 0.25) is 11.1 Å². The fourth-order valence-electron chi connectivity index (χ4n) is 2.94. The molecule has 1 aromatic heterocycles. The number of benzene rings is 2. The first-order valence-corrected chi connectivity index (χ1v) is 11.7. The smallest absolute Gasteiger partial charge is 0.234 e. The predicted molar refractivity (Wildman–Crippen MR) is 126 cm³/mol. The molecule has 1 heterocycles. The number of ether oxygens (including phenoxy) is 2. The summed E-state index contributed by atoms with van der Waals surface area (Å²) in [6, 6.07) is 11.5. The number of anilines is 1. The van der Waals surface area contributed by atoms with Gasteiger partial charge in [0.15, 0.2) is 11.5 Å². The van der Waals surface area contributed by atoms with E-state index < -0.39 is 0 Å². The lowest BCUT2D eigenvalue weighted by molar-refractivity contribution is -0.113. The Hall–Kier alpha value is -3.07. The highest BCUT2D eigenvalue weighted by molar-refractivity contribution is 7.99. The zero-order valence-corrected chi connectivity index (χ0v) is 19.7. The van der Waals surface area contributed by atoms with Crippen LogP contribution in [0.3, 0.4) is 0 Å². The van der Waals surface area contributed by atoms with Crippen molar-refractivity contribution < 1.29 is 14.3 Å². The van der Waals surface area contributed by atoms with Crippen LogP contribution in [0.2, 0.25) is 0 Å². The molecule has 9 heteroatoms. The lowest BCUT2D eigenvalue weighted by Gasteiger charge is -2.14. The van der Waals surface area contributed by atoms with E-state index in [-0.39, 0.29) is 11.7 Å². The number of thioether (sulfide) groups is 1. The second kappa shape index (κ2) is 11.5. The van der Waals surface area contributed by atoms with Crippen molar-refractivity contribution in [2.24, 2.45) is 0 Å². The molecule has 0 aliphatic rings. The molecule has 0 saturated carbocycles. The molecular formula is C23H29N5O3S. The van der Waals surface area contributed by atoms with Crippen LogP contribution in [0.5, 0.6) is 11.5 Å². The maximum atomic E-state index is 12.6. The predicted octanol–water partition coefficient (Wildman–Crippen LogP) is 4.59. The Labute approximate surface area is 192 Å². The van der Waals surface area contributed by atoms with Gasteiger partial charge in [-0.25, -0.2) is 0 Å². The Balaban J connectivity index is 1.66. The van der Waals surface area contributed by atoms with Crippen LogP contribution in [0.25, 0.3) is 5.69 Å². The van der Waals surface area contributed by atoms with Gasteiger partial charge < -0.3 is 14.8 Å². The zero-order chi connectivity index (χ0) is 22.9. The van der Waals surface area contributed by atoms with E-state index in [0.29, 0.717) is 35.6 Å². The monoisotopic (exact) mass is 455 g/mol. The third-order valence-electron chi connectivity index (χ3n) is 4.52. The van der Waals surface area contributed by atoms with Gasteiger partial charge in [0.1, 0.15) is 0 Å². The molecule has 0 radical (unpaired) electrons. The summed E-state index contributed by atoms with van der Waals surface area (Å²) < 4.78 is 13.2. The van der Waals surface area contributed by atoms with E-state index >= 15 is 0 Å². The Morgan fingerprint density at radius 1 is 1.03 bits per heavy atom. The second-order valence-corrected chi connectivity index (χ2v) is 8.30. The summed E-state index contributed by atoms with van der Waals surface area (Å²) in [5.41, 5.74) is 3.72. The van der Waals surface area contributed by atoms with Gasteiger partial charge in [-0.05, 0) is 66.4 Å². The second-order valence-electron chi connectivity index (χ2n) is 7.36. The van der Waals surface area contributed by atoms with Crippen molar-refractivity contribution in [2.75, 3.05) is 24.3 Å². The molecule has 8 nitrogen and oxygen atoms in total. The molecule has 0 unspecified atom stereocenters. The van der Waals surface area contributed by atoms with Gasteiger partial charge in [0, 0.05) is 11.8 Å². The van der Waals surface area contributed by atoms with Crippen LogP contribution >= 0.6 is 11.8 Å². The first kappa shape index (κ1) is 23.6. The molecule has 3 rings (SSSR count). The molecule has 0 bridgehead atoms. The molecule has 2 aromatic carbocycles. The normalized spacial score (nSPS) is 10.8. The third-order valence-corrected chi connectivity index (χ3v) is 5.44. The van der Waals surface area contributed by atoms with Crippen LogP contribution in [0, 0.1) is 13.8 Å². The van der Waals surface area contributed by atoms with Crippen molar-refractivity contribution in [1.29, 1.82) is 0 Å². The Morgan fingerprint density at radius 3 is 2.53 bits per heavy atom. The van der Waals surface area contributed by atoms with Gasteiger partial charge in [-0.1, -0.05) is 37.7 Å². The number of rotatable bonds is 11. The first-order chi connectivity index (χ1) is 15.5. The van der Waals surface area contributed by atoms with Gasteiger partial charge in [-0.3, -0.25) is 4.79 Å². The van der Waals surface area contributed by atoms with Crippen molar-refractivity contribution in [3.05, 3.63) is 47.5 Å². The summed E-state index contributed by atoms with van der Waals surface area (Å²) in [6.45, 7) is 9.31. The van der Waals surface area contributed by atoms with Crippen LogP contribution in [-0.2, 0) is 4.79 Å². The fourth-order valence-corrected chi connectivity index (χ4v) is 3.62. The number of nitrogens with one attached hydrogen (secondary N) is 1. The molecule has 170 valence electrons. The van der Waals surface area contributed by atoms with Crippen LogP contribution < -0.4 is 14.8 Å². The summed E-state index contributed by atoms with van der Waals surface area (Å²) in [5, 5.41) is 15.4. The van der Waals surface area contributed by atoms with Gasteiger partial charge in [-0.2, -0.15) is 4.68 Å². The summed E-state index contributed by atoms with van der Waals surface area (Å²) in [6.07, 6.45) is 1.79. The number of nitrogens with zero attached hydrogens (tertiary/aromatic N) is 4. The fraction of sp³-hybridized carbons (Fsp3) is 0.391. The number of carbonyl (C=O) groups is 1. The van der Waals surface area contributed by atoms with Gasteiger partial charge >= 0.3 is 0 Å². The van der Waals surface area contributed by atoms with Crippen molar-refractivity contribution in [1.82, 2.24) is 20.2 Å². The Kier molecular flexibility index (Phi) is 8.49. The standard InChI is InChI=1S/C23H29N5O3S/c1-5-11-30-20-10-9-18(14-21(20)31-12-6-2)24-22(29)15-32-23-25-26-27-28(23)19-13-16(3)7-8-17(19)4/h7-10,13-14H,5-6,11-12,15H2,1-4H3,(H,24,29). The minimum atomic E-state index is -0.158. The maximum absolute atomic E-state index is 12.6. The number of hydrogen-bond acceptors (Lipinski definition) is 7. The molecule has 0 fully saturated rings. The van der Waals surface area contributed by atoms with E-state index in [0.717, 1.165) is 29.7 Å². The summed E-state index contributed by atoms with van der Waals surface area (Å²) in [7, 11) is 0. The van der Waals surface area contributed by atoms with E-state index in [1.165, 1.54) is 11.8 Å². The van der Waals surface area contributed by atoms with Crippen LogP contribution in [0.4, 0.5) is 5.69 Å². The number of aryl methyl sites for hydroxylation is 2. The number of tetrazole rings is 1. The molecule has 1 N–H and O–H groups in total. The minimum Gasteiger partial charge on any atom is -0.490 e. The average molecular weight is 456 g/mol. The third kappa shape index (κ3) is 6.23. The molecule has 0 spiro atoms. The molecule has 1 amide bonds. The van der Waals surface area contributed by atoms with Crippen molar-refractivity contribution in [3.8, 4) is 17.2 Å². The summed E-state index contributed by atoms with van der Waals surface area (Å²) >= 11 is 1.28. The molecule has 0 aliphatic carbocycles. The molecule has 0 atom stereocenters. The van der Waals surface area contributed by atoms with Crippen molar-refractivity contribution in [2.45, 2.75) is 45.7 Å². The summed E-state index contributed by atoms with van der Waals surface area (Å²) in [4.78, 5) is 12.6. The molecule has 3 aromatic rings. The molecule has 32 heavy (non-hydrogen) atoms. The largest absolute Gasteiger partial charge is 0.490 e. The van der Waals surface area contributed by atoms with Gasteiger partial charge in [-0.15, -0.1) is 5.10 Å². The Bertz CT molecular complexity index is 1050. The number of amides is 1. The number of carbonyl (C=O) groups excluding carboxylic acids is 1. The van der Waals surface area contributed by atoms with E-state index in [1.807, 2.05) is 51.1 Å². The van der Waals surface area contributed by atoms with Crippen LogP contribution in [0.1, 0.15) is 37.8 Å². The highest BCUT2D eigenvalue weighted by Gasteiger charge is 2.14. The van der Waals surface area contributed by atoms with E-state index in [1.54, 1.807) is 10.7 Å². The lowest BCUT2D eigenvalue weighted by Crippen LogP contribution is -2.15. The van der Waals surface area contributed by atoms with Gasteiger partial charge in [0.05, 0.1) is 24.7 Å². The number of aromatic nitrogens is 4. The summed E-state index contributed by atoms with van der Waals surface area (Å²) in [5.74, 6) is 1.32. The minimum absolute atomic E-state index is 0.158. The van der Waals surface area contributed by atoms with E-state index in [2.05, 4.69) is 27.8 Å². The SMILES string of the molecule is CCCOc1ccc(NC(=O)CSc2nnnn2-c2cc(C)ccc2C)cc1OCCC. The number of hydrogen-bond donors (Lipinski definition) is 1. The highest BCUT2D eigenvalue weighted by atomic mass is 32.2. The Morgan fingerprint density at radius 2 is 1.78 bits per heavy atom. The van der Waals surface area contributed by atoms with Crippen molar-refractivity contribution in [3.63, 3.8) is 0 Å². The molecular weight excluding hydrogens is 426 g/mol. The molecule has 0 aliphatic heterocycles. The van der Waals surface area contributed by atoms with E-state index in [9.17, 15) is 4.79 Å². The van der Waals surface area contributed by atoms with Gasteiger partial charge in [0.25, 0.3) is 0 Å². The highest BCUT2D eigenvalue weighted by Crippen LogP contribution is 2.31. The topological polar surface area (TPSA) is 91.2 Å². The zero-order valence-electron chi connectivity index (χ0n) is 18.9. The quantitative estimate of drug-likeness (QED) is 0.423. The lowest BCUT2D eigenvalue weighted by atomic mass is 10.1. The average Bonchev–Trinajstić information content (AvgIpc) is 3.25. The first-order valence-electron chi connectivity index (χ1n) is 10.7. The van der Waals surface area contributed by atoms with E-state index in [4.69, 9.17) is 9.47 Å². The molecule has 0 saturated heterocycles. The van der Waals surface area contributed by atoms with Crippen molar-refractivity contribution >= 4 is 23.4 Å². The van der Waals surface area contributed by atoms with Crippen LogP contribution in [-0.4, -0.2) is 45.1 Å². The maximum Gasteiger partial charge on any atom is 0.234 e. The van der Waals surface area contributed by atoms with Crippen LogP contribution in [0.15, 0.2) is 41.6 Å².